The van der Waals surface area contributed by atoms with E-state index in [0.717, 1.165) is 18.0 Å². The quantitative estimate of drug-likeness (QED) is 0.565. The highest BCUT2D eigenvalue weighted by Crippen LogP contribution is 2.16. The van der Waals surface area contributed by atoms with Gasteiger partial charge in [-0.1, -0.05) is 18.5 Å². The zero-order valence-corrected chi connectivity index (χ0v) is 7.15. The monoisotopic (exact) mass is 157 g/mol. The molecule has 10 heavy (non-hydrogen) atoms. The molecule has 1 rings (SSSR count). The molecule has 0 atom stereocenters. The molecule has 0 aliphatic carbocycles. The molecule has 0 aromatic rings. The number of allylic oxidation sites excluding steroid dienone is 2. The minimum Gasteiger partial charge on any atom is -0.375 e. The summed E-state index contributed by atoms with van der Waals surface area (Å²) in [4.78, 5) is 2.10. The van der Waals surface area contributed by atoms with E-state index in [-0.39, 0.29) is 0 Å². The molecule has 0 bridgehead atoms. The summed E-state index contributed by atoms with van der Waals surface area (Å²) in [6.45, 7) is 3.17. The number of hydrogen-bond donors (Lipinski definition) is 0. The highest BCUT2D eigenvalue weighted by atomic mass is 35.5. The second kappa shape index (κ2) is 3.11. The van der Waals surface area contributed by atoms with E-state index in [0.29, 0.717) is 0 Å². The summed E-state index contributed by atoms with van der Waals surface area (Å²) in [7, 11) is 2.03. The van der Waals surface area contributed by atoms with Gasteiger partial charge in [0.2, 0.25) is 0 Å². The highest BCUT2D eigenvalue weighted by Gasteiger charge is 2.04. The van der Waals surface area contributed by atoms with E-state index in [1.807, 2.05) is 19.3 Å². The Kier molecular flexibility index (Phi) is 2.39. The molecule has 56 valence electrons. The van der Waals surface area contributed by atoms with Crippen molar-refractivity contribution in [2.45, 2.75) is 13.3 Å². The van der Waals surface area contributed by atoms with Crippen LogP contribution in [0.1, 0.15) is 13.3 Å². The molecule has 1 aliphatic heterocycles. The fraction of sp³-hybridized carbons (Fsp3) is 0.500. The van der Waals surface area contributed by atoms with Crippen molar-refractivity contribution in [3.05, 3.63) is 22.9 Å². The molecule has 2 heteroatoms. The summed E-state index contributed by atoms with van der Waals surface area (Å²) in [5.74, 6) is 0. The van der Waals surface area contributed by atoms with Crippen molar-refractivity contribution < 1.29 is 0 Å². The normalized spacial score (nSPS) is 18.5. The van der Waals surface area contributed by atoms with Gasteiger partial charge in [0.15, 0.2) is 0 Å². The molecular weight excluding hydrogens is 146 g/mol. The van der Waals surface area contributed by atoms with Crippen molar-refractivity contribution in [3.63, 3.8) is 0 Å². The van der Waals surface area contributed by atoms with Gasteiger partial charge in [-0.05, 0) is 18.1 Å². The van der Waals surface area contributed by atoms with Gasteiger partial charge in [0.05, 0.1) is 5.03 Å². The van der Waals surface area contributed by atoms with E-state index in [4.69, 9.17) is 11.6 Å². The molecule has 0 aromatic heterocycles. The molecule has 0 spiro atoms. The fourth-order valence-corrected chi connectivity index (χ4v) is 1.39. The van der Waals surface area contributed by atoms with Crippen LogP contribution in [0.15, 0.2) is 22.9 Å². The minimum atomic E-state index is 0.839. The summed E-state index contributed by atoms with van der Waals surface area (Å²) in [6.07, 6.45) is 5.08. The van der Waals surface area contributed by atoms with E-state index in [1.165, 1.54) is 5.57 Å². The third-order valence-corrected chi connectivity index (χ3v) is 1.80. The van der Waals surface area contributed by atoms with Crippen LogP contribution in [-0.4, -0.2) is 18.5 Å². The van der Waals surface area contributed by atoms with Crippen molar-refractivity contribution in [2.75, 3.05) is 13.6 Å². The molecule has 1 heterocycles. The summed E-state index contributed by atoms with van der Waals surface area (Å²) >= 11 is 5.83. The largest absolute Gasteiger partial charge is 0.375 e. The Morgan fingerprint density at radius 3 is 2.90 bits per heavy atom. The summed E-state index contributed by atoms with van der Waals surface area (Å²) < 4.78 is 0. The number of hydrogen-bond acceptors (Lipinski definition) is 1. The van der Waals surface area contributed by atoms with Gasteiger partial charge in [0.1, 0.15) is 0 Å². The zero-order valence-electron chi connectivity index (χ0n) is 6.39. The first-order valence-corrected chi connectivity index (χ1v) is 3.87. The molecule has 0 unspecified atom stereocenters. The van der Waals surface area contributed by atoms with Crippen molar-refractivity contribution in [2.24, 2.45) is 0 Å². The van der Waals surface area contributed by atoms with Gasteiger partial charge in [-0.2, -0.15) is 0 Å². The van der Waals surface area contributed by atoms with E-state index in [1.54, 1.807) is 0 Å². The number of halogens is 1. The van der Waals surface area contributed by atoms with Crippen LogP contribution < -0.4 is 0 Å². The predicted octanol–water partition coefficient (Wildman–Crippen LogP) is 2.35. The van der Waals surface area contributed by atoms with Crippen LogP contribution in [0.3, 0.4) is 0 Å². The lowest BCUT2D eigenvalue weighted by atomic mass is 10.1. The van der Waals surface area contributed by atoms with Crippen molar-refractivity contribution in [3.8, 4) is 0 Å². The predicted molar refractivity (Wildman–Crippen MR) is 44.9 cm³/mol. The van der Waals surface area contributed by atoms with Gasteiger partial charge in [-0.3, -0.25) is 0 Å². The fourth-order valence-electron chi connectivity index (χ4n) is 1.07. The van der Waals surface area contributed by atoms with Crippen molar-refractivity contribution in [1.29, 1.82) is 0 Å². The minimum absolute atomic E-state index is 0.839. The van der Waals surface area contributed by atoms with Crippen LogP contribution in [0.25, 0.3) is 0 Å². The summed E-state index contributed by atoms with van der Waals surface area (Å²) in [5.41, 5.74) is 1.40. The Hall–Kier alpha value is -0.430. The number of nitrogens with zero attached hydrogens (tertiary/aromatic N) is 1. The average Bonchev–Trinajstić information content (AvgIpc) is 1.85. The third-order valence-electron chi connectivity index (χ3n) is 1.59. The van der Waals surface area contributed by atoms with Crippen LogP contribution in [0.4, 0.5) is 0 Å². The Labute approximate surface area is 67.0 Å². The SMILES string of the molecule is CCC1=CC(Cl)=CN(C)C1. The first-order chi connectivity index (χ1) is 4.72. The van der Waals surface area contributed by atoms with E-state index >= 15 is 0 Å². The first kappa shape index (κ1) is 7.67. The van der Waals surface area contributed by atoms with Gasteiger partial charge in [-0.15, -0.1) is 0 Å². The molecule has 0 saturated heterocycles. The lowest BCUT2D eigenvalue weighted by Crippen LogP contribution is -2.17. The molecule has 0 saturated carbocycles. The molecule has 0 fully saturated rings. The maximum Gasteiger partial charge on any atom is 0.0564 e. The first-order valence-electron chi connectivity index (χ1n) is 3.49. The highest BCUT2D eigenvalue weighted by molar-refractivity contribution is 6.31. The van der Waals surface area contributed by atoms with Crippen LogP contribution in [-0.2, 0) is 0 Å². The average molecular weight is 158 g/mol. The van der Waals surface area contributed by atoms with E-state index < -0.39 is 0 Å². The van der Waals surface area contributed by atoms with Crippen LogP contribution >= 0.6 is 11.6 Å². The van der Waals surface area contributed by atoms with E-state index in [9.17, 15) is 0 Å². The van der Waals surface area contributed by atoms with Crippen LogP contribution in [0.2, 0.25) is 0 Å². The Balaban J connectivity index is 2.70. The molecule has 0 amide bonds. The lowest BCUT2D eigenvalue weighted by molar-refractivity contribution is 0.483. The summed E-state index contributed by atoms with van der Waals surface area (Å²) in [5, 5.41) is 0.839. The van der Waals surface area contributed by atoms with Crippen LogP contribution in [0.5, 0.6) is 0 Å². The maximum absolute atomic E-state index is 5.83. The van der Waals surface area contributed by atoms with Gasteiger partial charge >= 0.3 is 0 Å². The molecule has 0 radical (unpaired) electrons. The van der Waals surface area contributed by atoms with Gasteiger partial charge < -0.3 is 4.90 Å². The third kappa shape index (κ3) is 1.77. The summed E-state index contributed by atoms with van der Waals surface area (Å²) in [6, 6.07) is 0. The zero-order chi connectivity index (χ0) is 7.56. The van der Waals surface area contributed by atoms with Crippen molar-refractivity contribution in [1.82, 2.24) is 4.90 Å². The van der Waals surface area contributed by atoms with Crippen LogP contribution in [0, 0.1) is 0 Å². The Morgan fingerprint density at radius 1 is 1.70 bits per heavy atom. The van der Waals surface area contributed by atoms with Gasteiger partial charge in [0.25, 0.3) is 0 Å². The van der Waals surface area contributed by atoms with E-state index in [2.05, 4.69) is 11.8 Å². The molecule has 0 N–H and O–H groups in total. The second-order valence-electron chi connectivity index (χ2n) is 2.59. The second-order valence-corrected chi connectivity index (χ2v) is 3.02. The Morgan fingerprint density at radius 2 is 2.40 bits per heavy atom. The number of rotatable bonds is 1. The Bertz CT molecular complexity index is 182. The molecule has 1 nitrogen and oxygen atoms in total. The number of likely N-dealkylation sites (N-methyl/N-ethyl adjacent to an activating group) is 1. The van der Waals surface area contributed by atoms with Gasteiger partial charge in [0, 0.05) is 19.8 Å². The molecule has 0 aromatic carbocycles. The maximum atomic E-state index is 5.83. The smallest absolute Gasteiger partial charge is 0.0564 e. The molecular formula is C8H12ClN. The molecule has 1 aliphatic rings. The van der Waals surface area contributed by atoms with Gasteiger partial charge in [-0.25, -0.2) is 0 Å². The topological polar surface area (TPSA) is 3.24 Å². The van der Waals surface area contributed by atoms with Crippen molar-refractivity contribution >= 4 is 11.6 Å². The standard InChI is InChI=1S/C8H12ClN/c1-3-7-4-8(9)6-10(2)5-7/h4,6H,3,5H2,1-2H3. The lowest BCUT2D eigenvalue weighted by Gasteiger charge is -2.20.